The summed E-state index contributed by atoms with van der Waals surface area (Å²) in [4.78, 5) is 13.8. The van der Waals surface area contributed by atoms with Crippen molar-refractivity contribution >= 4 is 41.3 Å². The molecule has 1 aromatic rings. The zero-order valence-electron chi connectivity index (χ0n) is 18.9. The van der Waals surface area contributed by atoms with Gasteiger partial charge in [0.2, 0.25) is 0 Å². The lowest BCUT2D eigenvalue weighted by molar-refractivity contribution is 0.00867. The Balaban J connectivity index is 0.00000320. The Kier molecular flexibility index (Phi) is 11.9. The van der Waals surface area contributed by atoms with E-state index >= 15 is 0 Å². The van der Waals surface area contributed by atoms with E-state index in [1.807, 2.05) is 11.3 Å². The van der Waals surface area contributed by atoms with Crippen LogP contribution in [0.2, 0.25) is 0 Å². The molecular formula is C22H40IN5OS. The summed E-state index contributed by atoms with van der Waals surface area (Å²) in [6, 6.07) is 0.469. The van der Waals surface area contributed by atoms with Crippen LogP contribution in [-0.2, 0) is 24.0 Å². The first-order chi connectivity index (χ1) is 14.2. The molecule has 1 aliphatic carbocycles. The van der Waals surface area contributed by atoms with Crippen molar-refractivity contribution in [3.8, 4) is 0 Å². The molecule has 0 radical (unpaired) electrons. The summed E-state index contributed by atoms with van der Waals surface area (Å²) >= 11 is 1.94. The number of nitrogens with one attached hydrogen (secondary N) is 2. The maximum absolute atomic E-state index is 5.52. The number of rotatable bonds is 9. The summed E-state index contributed by atoms with van der Waals surface area (Å²) in [6.45, 7) is 13.1. The number of fused-ring (bicyclic) bond motifs is 1. The van der Waals surface area contributed by atoms with Crippen molar-refractivity contribution in [3.05, 3.63) is 15.6 Å². The molecule has 1 unspecified atom stereocenters. The van der Waals surface area contributed by atoms with Gasteiger partial charge in [-0.25, -0.2) is 4.98 Å². The van der Waals surface area contributed by atoms with E-state index in [2.05, 4.69) is 36.3 Å². The number of hydrogen-bond acceptors (Lipinski definition) is 5. The Morgan fingerprint density at radius 3 is 2.67 bits per heavy atom. The van der Waals surface area contributed by atoms with Gasteiger partial charge in [0.15, 0.2) is 5.96 Å². The molecule has 0 aromatic carbocycles. The molecule has 1 aliphatic heterocycles. The van der Waals surface area contributed by atoms with Crippen LogP contribution in [0.4, 0.5) is 0 Å². The number of guanidine groups is 1. The summed E-state index contributed by atoms with van der Waals surface area (Å²) in [5.41, 5.74) is 1.38. The van der Waals surface area contributed by atoms with Crippen LogP contribution in [0.3, 0.4) is 0 Å². The third-order valence-corrected chi connectivity index (χ3v) is 7.03. The van der Waals surface area contributed by atoms with Gasteiger partial charge in [-0.15, -0.1) is 35.3 Å². The van der Waals surface area contributed by atoms with Crippen LogP contribution in [0.5, 0.6) is 0 Å². The molecule has 0 bridgehead atoms. The fourth-order valence-corrected chi connectivity index (χ4v) is 5.34. The second-order valence-electron chi connectivity index (χ2n) is 8.39. The molecule has 0 amide bonds. The maximum atomic E-state index is 5.52. The van der Waals surface area contributed by atoms with Gasteiger partial charge in [-0.2, -0.15) is 0 Å². The SMILES string of the molecule is CCNC(=NCC(C(C)C)N1CCOCC1)NCCCc1nc2c(s1)CCCC2.I. The van der Waals surface area contributed by atoms with E-state index in [9.17, 15) is 0 Å². The fourth-order valence-electron chi connectivity index (χ4n) is 4.14. The van der Waals surface area contributed by atoms with E-state index in [-0.39, 0.29) is 24.0 Å². The quantitative estimate of drug-likeness (QED) is 0.214. The Morgan fingerprint density at radius 2 is 1.97 bits per heavy atom. The van der Waals surface area contributed by atoms with Gasteiger partial charge in [0, 0.05) is 43.5 Å². The number of halogens is 1. The Hall–Kier alpha value is -0.450. The molecule has 2 aliphatic rings. The summed E-state index contributed by atoms with van der Waals surface area (Å²) < 4.78 is 5.52. The summed E-state index contributed by atoms with van der Waals surface area (Å²) in [5.74, 6) is 1.51. The maximum Gasteiger partial charge on any atom is 0.191 e. The van der Waals surface area contributed by atoms with E-state index in [0.29, 0.717) is 12.0 Å². The van der Waals surface area contributed by atoms with Gasteiger partial charge in [0.1, 0.15) is 0 Å². The van der Waals surface area contributed by atoms with Crippen LogP contribution in [0.15, 0.2) is 4.99 Å². The lowest BCUT2D eigenvalue weighted by Crippen LogP contribution is -2.48. The van der Waals surface area contributed by atoms with Gasteiger partial charge in [-0.05, 0) is 44.9 Å². The van der Waals surface area contributed by atoms with E-state index in [1.54, 1.807) is 0 Å². The zero-order valence-corrected chi connectivity index (χ0v) is 22.1. The van der Waals surface area contributed by atoms with Gasteiger partial charge >= 0.3 is 0 Å². The number of ether oxygens (including phenoxy) is 1. The monoisotopic (exact) mass is 549 g/mol. The summed E-state index contributed by atoms with van der Waals surface area (Å²) in [7, 11) is 0. The Bertz CT molecular complexity index is 622. The fraction of sp³-hybridized carbons (Fsp3) is 0.818. The minimum Gasteiger partial charge on any atom is -0.379 e. The molecule has 2 N–H and O–H groups in total. The van der Waals surface area contributed by atoms with Gasteiger partial charge in [-0.3, -0.25) is 9.89 Å². The highest BCUT2D eigenvalue weighted by molar-refractivity contribution is 14.0. The molecule has 8 heteroatoms. The van der Waals surface area contributed by atoms with Crippen LogP contribution in [0, 0.1) is 5.92 Å². The first-order valence-corrected chi connectivity index (χ1v) is 12.3. The Labute approximate surface area is 203 Å². The van der Waals surface area contributed by atoms with Crippen molar-refractivity contribution in [2.75, 3.05) is 45.9 Å². The molecular weight excluding hydrogens is 509 g/mol. The highest BCUT2D eigenvalue weighted by atomic mass is 127. The second kappa shape index (κ2) is 13.9. The van der Waals surface area contributed by atoms with Crippen molar-refractivity contribution in [1.82, 2.24) is 20.5 Å². The van der Waals surface area contributed by atoms with Crippen molar-refractivity contribution in [2.24, 2.45) is 10.9 Å². The first-order valence-electron chi connectivity index (χ1n) is 11.5. The predicted octanol–water partition coefficient (Wildman–Crippen LogP) is 3.48. The third kappa shape index (κ3) is 7.91. The van der Waals surface area contributed by atoms with Crippen LogP contribution in [0.25, 0.3) is 0 Å². The molecule has 0 saturated carbocycles. The van der Waals surface area contributed by atoms with Crippen molar-refractivity contribution < 1.29 is 4.74 Å². The minimum atomic E-state index is 0. The van der Waals surface area contributed by atoms with Crippen molar-refractivity contribution in [1.29, 1.82) is 0 Å². The highest BCUT2D eigenvalue weighted by Crippen LogP contribution is 2.27. The standard InChI is InChI=1S/C22H39N5OS.HI/c1-4-23-22(25-16-19(17(2)3)27-12-14-28-15-13-27)24-11-7-10-21-26-18-8-5-6-9-20(18)29-21;/h17,19H,4-16H2,1-3H3,(H2,23,24,25);1H. The van der Waals surface area contributed by atoms with Crippen LogP contribution < -0.4 is 10.6 Å². The number of aliphatic imine (C=N–C) groups is 1. The second-order valence-corrected chi connectivity index (χ2v) is 9.56. The highest BCUT2D eigenvalue weighted by Gasteiger charge is 2.23. The number of morpholine rings is 1. The molecule has 172 valence electrons. The molecule has 1 atom stereocenters. The van der Waals surface area contributed by atoms with Gasteiger partial charge in [0.05, 0.1) is 30.5 Å². The van der Waals surface area contributed by atoms with Crippen molar-refractivity contribution in [3.63, 3.8) is 0 Å². The molecule has 2 heterocycles. The molecule has 1 fully saturated rings. The largest absolute Gasteiger partial charge is 0.379 e. The van der Waals surface area contributed by atoms with E-state index in [4.69, 9.17) is 14.7 Å². The van der Waals surface area contributed by atoms with Crippen LogP contribution >= 0.6 is 35.3 Å². The average molecular weight is 550 g/mol. The summed E-state index contributed by atoms with van der Waals surface area (Å²) in [5, 5.41) is 8.24. The molecule has 3 rings (SSSR count). The minimum absolute atomic E-state index is 0. The predicted molar refractivity (Wildman–Crippen MR) is 137 cm³/mol. The van der Waals surface area contributed by atoms with Crippen LogP contribution in [-0.4, -0.2) is 67.8 Å². The van der Waals surface area contributed by atoms with Crippen LogP contribution in [0.1, 0.15) is 55.6 Å². The normalized spacial score (nSPS) is 18.6. The van der Waals surface area contributed by atoms with Crippen molar-refractivity contribution in [2.45, 2.75) is 65.3 Å². The number of nitrogens with zero attached hydrogens (tertiary/aromatic N) is 3. The topological polar surface area (TPSA) is 61.8 Å². The third-order valence-electron chi connectivity index (χ3n) is 5.81. The number of thiazole rings is 1. The van der Waals surface area contributed by atoms with Gasteiger partial charge in [0.25, 0.3) is 0 Å². The smallest absolute Gasteiger partial charge is 0.191 e. The zero-order chi connectivity index (χ0) is 20.5. The molecule has 0 spiro atoms. The first kappa shape index (κ1) is 25.8. The lowest BCUT2D eigenvalue weighted by Gasteiger charge is -2.36. The number of aromatic nitrogens is 1. The molecule has 6 nitrogen and oxygen atoms in total. The average Bonchev–Trinajstić information content (AvgIpc) is 3.14. The van der Waals surface area contributed by atoms with Gasteiger partial charge < -0.3 is 15.4 Å². The molecule has 30 heavy (non-hydrogen) atoms. The molecule has 1 aromatic heterocycles. The number of aryl methyl sites for hydroxylation is 3. The molecule has 1 saturated heterocycles. The lowest BCUT2D eigenvalue weighted by atomic mass is 10.0. The summed E-state index contributed by atoms with van der Waals surface area (Å²) in [6.07, 6.45) is 7.22. The van der Waals surface area contributed by atoms with E-state index in [0.717, 1.165) is 64.7 Å². The Morgan fingerprint density at radius 1 is 1.20 bits per heavy atom. The van der Waals surface area contributed by atoms with Gasteiger partial charge in [-0.1, -0.05) is 13.8 Å². The van der Waals surface area contributed by atoms with E-state index in [1.165, 1.54) is 41.3 Å². The number of hydrogen-bond donors (Lipinski definition) is 2. The van der Waals surface area contributed by atoms with E-state index < -0.39 is 0 Å².